The Balaban J connectivity index is 2.05. The van der Waals surface area contributed by atoms with Crippen LogP contribution in [-0.2, 0) is 5.75 Å². The van der Waals surface area contributed by atoms with Gasteiger partial charge in [0.05, 0.1) is 5.03 Å². The molecule has 2 N–H and O–H groups in total. The van der Waals surface area contributed by atoms with Crippen molar-refractivity contribution in [3.05, 3.63) is 53.2 Å². The molecular formula is C14H16N2S. The molecule has 0 bridgehead atoms. The molecular weight excluding hydrogens is 228 g/mol. The molecule has 1 aromatic carbocycles. The molecule has 0 fully saturated rings. The van der Waals surface area contributed by atoms with E-state index >= 15 is 0 Å². The van der Waals surface area contributed by atoms with Crippen LogP contribution in [0.5, 0.6) is 0 Å². The minimum atomic E-state index is 0.812. The van der Waals surface area contributed by atoms with Crippen molar-refractivity contribution in [2.24, 2.45) is 0 Å². The largest absolute Gasteiger partial charge is 0.398 e. The number of nitrogen functional groups attached to an aromatic ring is 1. The average Bonchev–Trinajstić information content (AvgIpc) is 2.31. The molecule has 0 spiro atoms. The Morgan fingerprint density at radius 2 is 2.06 bits per heavy atom. The minimum Gasteiger partial charge on any atom is -0.398 e. The first-order chi connectivity index (χ1) is 8.15. The number of nitrogens with zero attached hydrogens (tertiary/aromatic N) is 1. The smallest absolute Gasteiger partial charge is 0.0983 e. The summed E-state index contributed by atoms with van der Waals surface area (Å²) in [4.78, 5) is 4.36. The zero-order chi connectivity index (χ0) is 12.3. The Labute approximate surface area is 106 Å². The van der Waals surface area contributed by atoms with E-state index in [1.54, 1.807) is 11.8 Å². The number of hydrogen-bond acceptors (Lipinski definition) is 3. The number of anilines is 1. The lowest BCUT2D eigenvalue weighted by Gasteiger charge is -2.04. The maximum Gasteiger partial charge on any atom is 0.0983 e. The van der Waals surface area contributed by atoms with Crippen LogP contribution in [0.4, 0.5) is 5.69 Å². The second-order valence-corrected chi connectivity index (χ2v) is 5.15. The van der Waals surface area contributed by atoms with E-state index in [9.17, 15) is 0 Å². The van der Waals surface area contributed by atoms with Crippen LogP contribution in [0.15, 0.2) is 41.6 Å². The van der Waals surface area contributed by atoms with E-state index in [-0.39, 0.29) is 0 Å². The van der Waals surface area contributed by atoms with E-state index < -0.39 is 0 Å². The number of benzene rings is 1. The standard InChI is InChI=1S/C14H16N2S/c1-10-4-3-5-12(6-10)9-17-14-7-13(15)11(2)8-16-14/h3-8H,9H2,1-2H3,(H2,15,16). The molecule has 0 saturated heterocycles. The SMILES string of the molecule is Cc1cccc(CSc2cc(N)c(C)cn2)c1. The van der Waals surface area contributed by atoms with Gasteiger partial charge < -0.3 is 5.73 Å². The molecule has 1 aromatic heterocycles. The first-order valence-electron chi connectivity index (χ1n) is 5.55. The van der Waals surface area contributed by atoms with Crippen LogP contribution in [0, 0.1) is 13.8 Å². The number of pyridine rings is 1. The summed E-state index contributed by atoms with van der Waals surface area (Å²) in [6.07, 6.45) is 1.83. The lowest BCUT2D eigenvalue weighted by Crippen LogP contribution is -1.92. The van der Waals surface area contributed by atoms with Gasteiger partial charge in [-0.15, -0.1) is 11.8 Å². The third-order valence-electron chi connectivity index (χ3n) is 2.59. The molecule has 2 nitrogen and oxygen atoms in total. The van der Waals surface area contributed by atoms with Crippen LogP contribution in [0.2, 0.25) is 0 Å². The Morgan fingerprint density at radius 3 is 2.76 bits per heavy atom. The van der Waals surface area contributed by atoms with Gasteiger partial charge in [0.1, 0.15) is 0 Å². The number of aromatic nitrogens is 1. The molecule has 0 aliphatic heterocycles. The first kappa shape index (κ1) is 12.0. The highest BCUT2D eigenvalue weighted by atomic mass is 32.2. The predicted octanol–water partition coefficient (Wildman–Crippen LogP) is 3.57. The van der Waals surface area contributed by atoms with Gasteiger partial charge in [0, 0.05) is 17.6 Å². The molecule has 0 atom stereocenters. The molecule has 0 aliphatic carbocycles. The van der Waals surface area contributed by atoms with Gasteiger partial charge in [-0.05, 0) is 31.0 Å². The van der Waals surface area contributed by atoms with E-state index in [1.807, 2.05) is 19.2 Å². The quantitative estimate of drug-likeness (QED) is 0.839. The fourth-order valence-corrected chi connectivity index (χ4v) is 2.39. The fraction of sp³-hybridized carbons (Fsp3) is 0.214. The van der Waals surface area contributed by atoms with Crippen molar-refractivity contribution in [2.75, 3.05) is 5.73 Å². The van der Waals surface area contributed by atoms with Gasteiger partial charge in [0.25, 0.3) is 0 Å². The van der Waals surface area contributed by atoms with Gasteiger partial charge in [0.15, 0.2) is 0 Å². The van der Waals surface area contributed by atoms with Crippen LogP contribution in [0.25, 0.3) is 0 Å². The molecule has 0 saturated carbocycles. The predicted molar refractivity (Wildman–Crippen MR) is 74.1 cm³/mol. The maximum atomic E-state index is 5.86. The van der Waals surface area contributed by atoms with Gasteiger partial charge in [-0.3, -0.25) is 0 Å². The minimum absolute atomic E-state index is 0.812. The highest BCUT2D eigenvalue weighted by Crippen LogP contribution is 2.23. The highest BCUT2D eigenvalue weighted by Gasteiger charge is 2.00. The number of nitrogens with two attached hydrogens (primary N) is 1. The molecule has 0 unspecified atom stereocenters. The summed E-state index contributed by atoms with van der Waals surface area (Å²) in [5.41, 5.74) is 10.3. The van der Waals surface area contributed by atoms with Crippen molar-refractivity contribution in [1.82, 2.24) is 4.98 Å². The van der Waals surface area contributed by atoms with Crippen molar-refractivity contribution < 1.29 is 0 Å². The van der Waals surface area contributed by atoms with Crippen molar-refractivity contribution in [3.8, 4) is 0 Å². The lowest BCUT2D eigenvalue weighted by molar-refractivity contribution is 1.11. The topological polar surface area (TPSA) is 38.9 Å². The highest BCUT2D eigenvalue weighted by molar-refractivity contribution is 7.98. The first-order valence-corrected chi connectivity index (χ1v) is 6.54. The van der Waals surface area contributed by atoms with Gasteiger partial charge in [-0.2, -0.15) is 0 Å². The van der Waals surface area contributed by atoms with Gasteiger partial charge in [-0.25, -0.2) is 4.98 Å². The van der Waals surface area contributed by atoms with Crippen LogP contribution in [0.3, 0.4) is 0 Å². The van der Waals surface area contributed by atoms with Gasteiger partial charge in [-0.1, -0.05) is 29.8 Å². The molecule has 0 radical (unpaired) electrons. The summed E-state index contributed by atoms with van der Waals surface area (Å²) in [5.74, 6) is 0.928. The summed E-state index contributed by atoms with van der Waals surface area (Å²) in [5, 5.41) is 0.981. The Bertz CT molecular complexity index is 523. The normalized spacial score (nSPS) is 10.5. The summed E-state index contributed by atoms with van der Waals surface area (Å²) in [6.45, 7) is 4.08. The molecule has 2 aromatic rings. The molecule has 2 rings (SSSR count). The lowest BCUT2D eigenvalue weighted by atomic mass is 10.2. The van der Waals surface area contributed by atoms with Gasteiger partial charge >= 0.3 is 0 Å². The van der Waals surface area contributed by atoms with Crippen LogP contribution < -0.4 is 5.73 Å². The van der Waals surface area contributed by atoms with Crippen LogP contribution in [-0.4, -0.2) is 4.98 Å². The van der Waals surface area contributed by atoms with E-state index in [2.05, 4.69) is 36.2 Å². The van der Waals surface area contributed by atoms with Crippen molar-refractivity contribution in [1.29, 1.82) is 0 Å². The van der Waals surface area contributed by atoms with Crippen LogP contribution in [0.1, 0.15) is 16.7 Å². The summed E-state index contributed by atoms with van der Waals surface area (Å²) in [7, 11) is 0. The number of thioether (sulfide) groups is 1. The summed E-state index contributed by atoms with van der Waals surface area (Å²) in [6, 6.07) is 10.5. The number of aryl methyl sites for hydroxylation is 2. The Kier molecular flexibility index (Phi) is 3.69. The Morgan fingerprint density at radius 1 is 1.24 bits per heavy atom. The third-order valence-corrected chi connectivity index (χ3v) is 3.59. The molecule has 0 amide bonds. The van der Waals surface area contributed by atoms with Crippen molar-refractivity contribution in [3.63, 3.8) is 0 Å². The van der Waals surface area contributed by atoms with Crippen LogP contribution >= 0.6 is 11.8 Å². The maximum absolute atomic E-state index is 5.86. The second-order valence-electron chi connectivity index (χ2n) is 4.16. The molecule has 1 heterocycles. The van der Waals surface area contributed by atoms with Gasteiger partial charge in [0.2, 0.25) is 0 Å². The monoisotopic (exact) mass is 244 g/mol. The van der Waals surface area contributed by atoms with E-state index in [0.29, 0.717) is 0 Å². The zero-order valence-corrected chi connectivity index (χ0v) is 10.9. The van der Waals surface area contributed by atoms with E-state index in [0.717, 1.165) is 22.0 Å². The fourth-order valence-electron chi connectivity index (χ4n) is 1.56. The molecule has 88 valence electrons. The second kappa shape index (κ2) is 5.23. The molecule has 0 aliphatic rings. The van der Waals surface area contributed by atoms with E-state index in [1.165, 1.54) is 11.1 Å². The van der Waals surface area contributed by atoms with Crippen molar-refractivity contribution >= 4 is 17.4 Å². The third kappa shape index (κ3) is 3.24. The van der Waals surface area contributed by atoms with Crippen molar-refractivity contribution in [2.45, 2.75) is 24.6 Å². The van der Waals surface area contributed by atoms with E-state index in [4.69, 9.17) is 5.73 Å². The zero-order valence-electron chi connectivity index (χ0n) is 10.1. The molecule has 17 heavy (non-hydrogen) atoms. The molecule has 3 heteroatoms. The number of rotatable bonds is 3. The summed E-state index contributed by atoms with van der Waals surface area (Å²) < 4.78 is 0. The average molecular weight is 244 g/mol. The Hall–Kier alpha value is -1.48. The summed E-state index contributed by atoms with van der Waals surface area (Å²) >= 11 is 1.71. The number of hydrogen-bond donors (Lipinski definition) is 1.